The largest absolute Gasteiger partial charge is 0.365 e. The number of aromatic amines is 1. The summed E-state index contributed by atoms with van der Waals surface area (Å²) in [6, 6.07) is 10.0. The van der Waals surface area contributed by atoms with Gasteiger partial charge in [0.15, 0.2) is 0 Å². The van der Waals surface area contributed by atoms with E-state index in [-0.39, 0.29) is 5.91 Å². The van der Waals surface area contributed by atoms with Crippen molar-refractivity contribution in [1.82, 2.24) is 29.1 Å². The van der Waals surface area contributed by atoms with E-state index in [0.717, 1.165) is 46.6 Å². The Bertz CT molecular complexity index is 1250. The highest BCUT2D eigenvalue weighted by Gasteiger charge is 2.22. The molecule has 3 aromatic heterocycles. The topological polar surface area (TPSA) is 78.8 Å². The number of fused-ring (bicyclic) bond motifs is 2. The molecule has 0 radical (unpaired) electrons. The van der Waals surface area contributed by atoms with Crippen molar-refractivity contribution in [3.8, 4) is 0 Å². The molecule has 8 heteroatoms. The number of benzene rings is 1. The molecule has 31 heavy (non-hydrogen) atoms. The number of amides is 1. The first-order valence-corrected chi connectivity index (χ1v) is 11.1. The second-order valence-corrected chi connectivity index (χ2v) is 8.92. The summed E-state index contributed by atoms with van der Waals surface area (Å²) in [5, 5.41) is 4.02. The van der Waals surface area contributed by atoms with Gasteiger partial charge in [-0.2, -0.15) is 0 Å². The standard InChI is InChI=1S/C23H24N6OS/c1-15-22(31-29-9-7-19-17(13-29)6-8-25-19)10-21(28(15)2)23(30)26-11-16-4-3-5-20-18(16)12-24-14-27-20/h3-6,8,10,12,14,25H,7,9,11,13H2,1-2H3,(H,26,30). The van der Waals surface area contributed by atoms with Crippen LogP contribution in [-0.4, -0.2) is 36.3 Å². The summed E-state index contributed by atoms with van der Waals surface area (Å²) in [6.45, 7) is 4.38. The molecule has 158 valence electrons. The number of carbonyl (C=O) groups is 1. The van der Waals surface area contributed by atoms with Gasteiger partial charge in [-0.15, -0.1) is 0 Å². The van der Waals surface area contributed by atoms with Gasteiger partial charge in [-0.25, -0.2) is 14.3 Å². The van der Waals surface area contributed by atoms with Crippen molar-refractivity contribution in [2.45, 2.75) is 31.3 Å². The maximum Gasteiger partial charge on any atom is 0.268 e. The van der Waals surface area contributed by atoms with E-state index < -0.39 is 0 Å². The van der Waals surface area contributed by atoms with Crippen LogP contribution < -0.4 is 5.32 Å². The minimum Gasteiger partial charge on any atom is -0.365 e. The fraction of sp³-hybridized carbons (Fsp3) is 0.261. The third-order valence-corrected chi connectivity index (χ3v) is 7.10. The summed E-state index contributed by atoms with van der Waals surface area (Å²) >= 11 is 1.73. The van der Waals surface area contributed by atoms with Crippen molar-refractivity contribution in [1.29, 1.82) is 0 Å². The van der Waals surface area contributed by atoms with E-state index in [1.54, 1.807) is 18.1 Å². The van der Waals surface area contributed by atoms with Gasteiger partial charge in [0.05, 0.1) is 5.52 Å². The quantitative estimate of drug-likeness (QED) is 0.471. The average molecular weight is 433 g/mol. The van der Waals surface area contributed by atoms with Crippen LogP contribution in [0.15, 0.2) is 53.9 Å². The van der Waals surface area contributed by atoms with Crippen LogP contribution in [0, 0.1) is 6.92 Å². The van der Waals surface area contributed by atoms with Gasteiger partial charge in [0.25, 0.3) is 5.91 Å². The molecule has 1 amide bonds. The zero-order chi connectivity index (χ0) is 21.4. The Kier molecular flexibility index (Phi) is 5.25. The summed E-state index contributed by atoms with van der Waals surface area (Å²) in [5.41, 5.74) is 6.32. The zero-order valence-electron chi connectivity index (χ0n) is 17.6. The van der Waals surface area contributed by atoms with Gasteiger partial charge in [-0.05, 0) is 48.2 Å². The number of hydrogen-bond acceptors (Lipinski definition) is 5. The van der Waals surface area contributed by atoms with Crippen LogP contribution in [0.5, 0.6) is 0 Å². The van der Waals surface area contributed by atoms with Crippen molar-refractivity contribution in [2.75, 3.05) is 6.54 Å². The maximum atomic E-state index is 13.0. The lowest BCUT2D eigenvalue weighted by molar-refractivity contribution is 0.0942. The molecule has 4 aromatic rings. The fourth-order valence-corrected chi connectivity index (χ4v) is 5.10. The molecule has 2 N–H and O–H groups in total. The molecule has 7 nitrogen and oxygen atoms in total. The summed E-state index contributed by atoms with van der Waals surface area (Å²) in [7, 11) is 1.94. The van der Waals surface area contributed by atoms with Crippen LogP contribution in [0.4, 0.5) is 0 Å². The van der Waals surface area contributed by atoms with Gasteiger partial charge in [0.1, 0.15) is 12.0 Å². The third kappa shape index (κ3) is 3.84. The molecule has 1 aromatic carbocycles. The first-order chi connectivity index (χ1) is 15.1. The first kappa shape index (κ1) is 19.8. The van der Waals surface area contributed by atoms with E-state index in [0.29, 0.717) is 12.2 Å². The van der Waals surface area contributed by atoms with Crippen LogP contribution >= 0.6 is 11.9 Å². The lowest BCUT2D eigenvalue weighted by Gasteiger charge is -2.25. The summed E-state index contributed by atoms with van der Waals surface area (Å²) in [5.74, 6) is -0.0853. The van der Waals surface area contributed by atoms with E-state index in [9.17, 15) is 4.79 Å². The Morgan fingerprint density at radius 3 is 3.13 bits per heavy atom. The molecular formula is C23H24N6OS. The van der Waals surface area contributed by atoms with E-state index >= 15 is 0 Å². The summed E-state index contributed by atoms with van der Waals surface area (Å²) < 4.78 is 4.33. The molecular weight excluding hydrogens is 408 g/mol. The monoisotopic (exact) mass is 432 g/mol. The highest BCUT2D eigenvalue weighted by Crippen LogP contribution is 2.32. The second kappa shape index (κ2) is 8.20. The van der Waals surface area contributed by atoms with Crippen LogP contribution in [0.1, 0.15) is 33.0 Å². The Balaban J connectivity index is 1.30. The van der Waals surface area contributed by atoms with E-state index in [1.165, 1.54) is 17.6 Å². The molecule has 0 atom stereocenters. The van der Waals surface area contributed by atoms with Gasteiger partial charge in [-0.1, -0.05) is 12.1 Å². The number of nitrogens with zero attached hydrogens (tertiary/aromatic N) is 4. The summed E-state index contributed by atoms with van der Waals surface area (Å²) in [4.78, 5) is 25.8. The molecule has 0 aliphatic carbocycles. The average Bonchev–Trinajstić information content (AvgIpc) is 3.37. The SMILES string of the molecule is Cc1c(SN2CCc3[nH]ccc3C2)cc(C(=O)NCc2cccc3ncncc23)n1C. The third-order valence-electron chi connectivity index (χ3n) is 5.92. The molecule has 5 rings (SSSR count). The molecule has 0 spiro atoms. The molecule has 1 aliphatic heterocycles. The first-order valence-electron chi connectivity index (χ1n) is 10.3. The number of hydrogen-bond donors (Lipinski definition) is 2. The Morgan fingerprint density at radius 2 is 2.23 bits per heavy atom. The smallest absolute Gasteiger partial charge is 0.268 e. The minimum atomic E-state index is -0.0853. The molecule has 0 unspecified atom stereocenters. The summed E-state index contributed by atoms with van der Waals surface area (Å²) in [6.07, 6.45) is 6.36. The van der Waals surface area contributed by atoms with Gasteiger partial charge in [0.2, 0.25) is 0 Å². The number of aromatic nitrogens is 4. The highest BCUT2D eigenvalue weighted by atomic mass is 32.2. The second-order valence-electron chi connectivity index (χ2n) is 7.78. The van der Waals surface area contributed by atoms with Crippen LogP contribution in [-0.2, 0) is 26.6 Å². The van der Waals surface area contributed by atoms with E-state index in [1.807, 2.05) is 42.1 Å². The van der Waals surface area contributed by atoms with Crippen molar-refractivity contribution >= 4 is 28.8 Å². The van der Waals surface area contributed by atoms with Crippen LogP contribution in [0.3, 0.4) is 0 Å². The van der Waals surface area contributed by atoms with E-state index in [4.69, 9.17) is 0 Å². The molecule has 1 aliphatic rings. The van der Waals surface area contributed by atoms with Crippen LogP contribution in [0.25, 0.3) is 10.9 Å². The molecule has 0 saturated heterocycles. The lowest BCUT2D eigenvalue weighted by Crippen LogP contribution is -2.25. The zero-order valence-corrected chi connectivity index (χ0v) is 18.4. The normalized spacial score (nSPS) is 14.0. The number of rotatable bonds is 5. The van der Waals surface area contributed by atoms with Crippen molar-refractivity contribution in [3.05, 3.63) is 77.3 Å². The van der Waals surface area contributed by atoms with Gasteiger partial charge >= 0.3 is 0 Å². The van der Waals surface area contributed by atoms with Crippen molar-refractivity contribution in [2.24, 2.45) is 7.05 Å². The molecule has 0 bridgehead atoms. The molecule has 0 saturated carbocycles. The van der Waals surface area contributed by atoms with E-state index in [2.05, 4.69) is 37.6 Å². The predicted octanol–water partition coefficient (Wildman–Crippen LogP) is 3.60. The maximum absolute atomic E-state index is 13.0. The predicted molar refractivity (Wildman–Crippen MR) is 122 cm³/mol. The Labute approximate surface area is 185 Å². The van der Waals surface area contributed by atoms with Gasteiger partial charge in [-0.3, -0.25) is 4.79 Å². The number of carbonyl (C=O) groups excluding carboxylic acids is 1. The minimum absolute atomic E-state index is 0.0853. The lowest BCUT2D eigenvalue weighted by atomic mass is 10.1. The molecule has 4 heterocycles. The fourth-order valence-electron chi connectivity index (χ4n) is 4.01. The molecule has 0 fully saturated rings. The van der Waals surface area contributed by atoms with Crippen LogP contribution in [0.2, 0.25) is 0 Å². The number of nitrogens with one attached hydrogen (secondary N) is 2. The van der Waals surface area contributed by atoms with Crippen molar-refractivity contribution < 1.29 is 4.79 Å². The number of H-pyrrole nitrogens is 1. The Morgan fingerprint density at radius 1 is 1.32 bits per heavy atom. The van der Waals surface area contributed by atoms with Crippen molar-refractivity contribution in [3.63, 3.8) is 0 Å². The highest BCUT2D eigenvalue weighted by molar-refractivity contribution is 7.97. The van der Waals surface area contributed by atoms with Gasteiger partial charge in [0, 0.05) is 67.2 Å². The Hall–Kier alpha value is -3.10. The van der Waals surface area contributed by atoms with Gasteiger partial charge < -0.3 is 14.9 Å².